The van der Waals surface area contributed by atoms with Gasteiger partial charge in [0.05, 0.1) is 0 Å². The van der Waals surface area contributed by atoms with Crippen molar-refractivity contribution >= 4 is 19.9 Å². The average Bonchev–Trinajstić information content (AvgIpc) is 1.81. The first-order valence-electron chi connectivity index (χ1n) is 3.43. The molecular formula is C5H9ClF3NO2S. The van der Waals surface area contributed by atoms with Gasteiger partial charge >= 0.3 is 6.18 Å². The van der Waals surface area contributed by atoms with Gasteiger partial charge < -0.3 is 0 Å². The lowest BCUT2D eigenvalue weighted by Crippen LogP contribution is -2.36. The fourth-order valence-electron chi connectivity index (χ4n) is 0.715. The summed E-state index contributed by atoms with van der Waals surface area (Å²) in [6.07, 6.45) is -4.28. The predicted molar refractivity (Wildman–Crippen MR) is 42.7 cm³/mol. The zero-order valence-electron chi connectivity index (χ0n) is 6.81. The van der Waals surface area contributed by atoms with E-state index in [0.29, 0.717) is 0 Å². The minimum Gasteiger partial charge on any atom is -0.195 e. The molecular weight excluding hydrogens is 231 g/mol. The minimum absolute atomic E-state index is 0.189. The third-order valence-corrected chi connectivity index (χ3v) is 2.65. The van der Waals surface area contributed by atoms with Gasteiger partial charge in [-0.25, -0.2) is 0 Å². The van der Waals surface area contributed by atoms with E-state index in [4.69, 9.17) is 10.7 Å². The number of hydrogen-bond donors (Lipinski definition) is 0. The smallest absolute Gasteiger partial charge is 0.195 e. The highest BCUT2D eigenvalue weighted by Crippen LogP contribution is 2.20. The lowest BCUT2D eigenvalue weighted by Gasteiger charge is -2.18. The first-order valence-corrected chi connectivity index (χ1v) is 5.70. The molecule has 13 heavy (non-hydrogen) atoms. The van der Waals surface area contributed by atoms with Crippen LogP contribution in [0.25, 0.3) is 0 Å². The number of alkyl halides is 3. The summed E-state index contributed by atoms with van der Waals surface area (Å²) in [5.74, 6) is 0. The van der Waals surface area contributed by atoms with Crippen LogP contribution in [-0.4, -0.2) is 32.0 Å². The molecule has 0 aromatic carbocycles. The third-order valence-electron chi connectivity index (χ3n) is 1.14. The first kappa shape index (κ1) is 13.0. The molecule has 0 amide bonds. The van der Waals surface area contributed by atoms with Crippen molar-refractivity contribution in [3.63, 3.8) is 0 Å². The highest BCUT2D eigenvalue weighted by Gasteiger charge is 2.34. The second-order valence-corrected chi connectivity index (χ2v) is 4.90. The van der Waals surface area contributed by atoms with E-state index in [1.54, 1.807) is 6.92 Å². The van der Waals surface area contributed by atoms with Gasteiger partial charge in [-0.2, -0.15) is 25.9 Å². The van der Waals surface area contributed by atoms with Crippen molar-refractivity contribution < 1.29 is 21.6 Å². The Kier molecular flexibility index (Phi) is 4.47. The van der Waals surface area contributed by atoms with E-state index in [9.17, 15) is 21.6 Å². The highest BCUT2D eigenvalue weighted by atomic mass is 35.7. The second-order valence-electron chi connectivity index (χ2n) is 2.39. The summed E-state index contributed by atoms with van der Waals surface area (Å²) in [5.41, 5.74) is 0. The molecule has 0 radical (unpaired) electrons. The molecule has 0 N–H and O–H groups in total. The molecule has 0 aliphatic heterocycles. The van der Waals surface area contributed by atoms with Gasteiger partial charge in [0.15, 0.2) is 0 Å². The Morgan fingerprint density at radius 1 is 1.38 bits per heavy atom. The van der Waals surface area contributed by atoms with Crippen LogP contribution in [0.3, 0.4) is 0 Å². The second kappa shape index (κ2) is 4.47. The summed E-state index contributed by atoms with van der Waals surface area (Å²) in [6, 6.07) is 0. The molecule has 0 rings (SSSR count). The van der Waals surface area contributed by atoms with Gasteiger partial charge in [-0.05, 0) is 6.42 Å². The number of rotatable bonds is 4. The summed E-state index contributed by atoms with van der Waals surface area (Å²) in [5, 5.41) is 0. The third kappa shape index (κ3) is 6.11. The van der Waals surface area contributed by atoms with Gasteiger partial charge in [0, 0.05) is 17.2 Å². The SMILES string of the molecule is CCCN(CC(F)(F)F)S(=O)(=O)Cl. The van der Waals surface area contributed by atoms with E-state index in [-0.39, 0.29) is 17.3 Å². The quantitative estimate of drug-likeness (QED) is 0.701. The summed E-state index contributed by atoms with van der Waals surface area (Å²) in [4.78, 5) is 0. The molecule has 0 saturated heterocycles. The Morgan fingerprint density at radius 3 is 2.08 bits per heavy atom. The van der Waals surface area contributed by atoms with Gasteiger partial charge in [-0.1, -0.05) is 6.92 Å². The summed E-state index contributed by atoms with van der Waals surface area (Å²) < 4.78 is 56.8. The molecule has 3 nitrogen and oxygen atoms in total. The van der Waals surface area contributed by atoms with Crippen LogP contribution in [0, 0.1) is 0 Å². The van der Waals surface area contributed by atoms with E-state index >= 15 is 0 Å². The molecule has 0 atom stereocenters. The van der Waals surface area contributed by atoms with E-state index in [0.717, 1.165) is 0 Å². The Morgan fingerprint density at radius 2 is 1.85 bits per heavy atom. The Labute approximate surface area is 79.0 Å². The molecule has 0 heterocycles. The molecule has 0 unspecified atom stereocenters. The predicted octanol–water partition coefficient (Wildman–Crippen LogP) is 1.74. The minimum atomic E-state index is -4.56. The highest BCUT2D eigenvalue weighted by molar-refractivity contribution is 8.11. The lowest BCUT2D eigenvalue weighted by molar-refractivity contribution is -0.135. The van der Waals surface area contributed by atoms with Gasteiger partial charge in [0.1, 0.15) is 6.54 Å². The monoisotopic (exact) mass is 239 g/mol. The number of nitrogens with zero attached hydrogens (tertiary/aromatic N) is 1. The van der Waals surface area contributed by atoms with Crippen molar-refractivity contribution in [1.29, 1.82) is 0 Å². The topological polar surface area (TPSA) is 37.4 Å². The fourth-order valence-corrected chi connectivity index (χ4v) is 1.77. The van der Waals surface area contributed by atoms with Crippen molar-refractivity contribution in [2.75, 3.05) is 13.1 Å². The first-order chi connectivity index (χ1) is 5.67. The maximum atomic E-state index is 11.8. The van der Waals surface area contributed by atoms with Crippen LogP contribution in [0.1, 0.15) is 13.3 Å². The van der Waals surface area contributed by atoms with Crippen molar-refractivity contribution in [3.8, 4) is 0 Å². The van der Waals surface area contributed by atoms with E-state index in [1.165, 1.54) is 0 Å². The summed E-state index contributed by atoms with van der Waals surface area (Å²) >= 11 is 0. The molecule has 0 aromatic rings. The fraction of sp³-hybridized carbons (Fsp3) is 1.00. The Hall–Kier alpha value is -0.0100. The van der Waals surface area contributed by atoms with Gasteiger partial charge in [0.25, 0.3) is 9.24 Å². The van der Waals surface area contributed by atoms with Crippen LogP contribution >= 0.6 is 10.7 Å². The lowest BCUT2D eigenvalue weighted by atomic mass is 10.5. The maximum absolute atomic E-state index is 11.8. The Bertz CT molecular complexity index is 251. The van der Waals surface area contributed by atoms with Crippen molar-refractivity contribution in [3.05, 3.63) is 0 Å². The van der Waals surface area contributed by atoms with Crippen molar-refractivity contribution in [1.82, 2.24) is 4.31 Å². The van der Waals surface area contributed by atoms with Crippen LogP contribution < -0.4 is 0 Å². The van der Waals surface area contributed by atoms with Crippen LogP contribution in [0.15, 0.2) is 0 Å². The number of hydrogen-bond acceptors (Lipinski definition) is 2. The molecule has 0 bridgehead atoms. The number of halogens is 4. The molecule has 0 fully saturated rings. The molecule has 80 valence electrons. The summed E-state index contributed by atoms with van der Waals surface area (Å²) in [6.45, 7) is -0.205. The van der Waals surface area contributed by atoms with Gasteiger partial charge in [0.2, 0.25) is 0 Å². The molecule has 0 spiro atoms. The van der Waals surface area contributed by atoms with Crippen LogP contribution in [0.4, 0.5) is 13.2 Å². The zero-order chi connectivity index (χ0) is 10.7. The van der Waals surface area contributed by atoms with Gasteiger partial charge in [-0.15, -0.1) is 0 Å². The molecule has 0 saturated carbocycles. The zero-order valence-corrected chi connectivity index (χ0v) is 8.38. The standard InChI is InChI=1S/C5H9ClF3NO2S/c1-2-3-10(13(6,11)12)4-5(7,8)9/h2-4H2,1H3. The largest absolute Gasteiger partial charge is 0.402 e. The summed E-state index contributed by atoms with van der Waals surface area (Å²) in [7, 11) is 0.507. The van der Waals surface area contributed by atoms with E-state index in [1.807, 2.05) is 0 Å². The van der Waals surface area contributed by atoms with Crippen LogP contribution in [0.5, 0.6) is 0 Å². The molecule has 0 aromatic heterocycles. The Balaban J connectivity index is 4.46. The van der Waals surface area contributed by atoms with Crippen molar-refractivity contribution in [2.24, 2.45) is 0 Å². The van der Waals surface area contributed by atoms with Crippen molar-refractivity contribution in [2.45, 2.75) is 19.5 Å². The van der Waals surface area contributed by atoms with Crippen LogP contribution in [-0.2, 0) is 9.24 Å². The molecule has 0 aliphatic carbocycles. The maximum Gasteiger partial charge on any atom is 0.402 e. The normalized spacial score (nSPS) is 13.7. The van der Waals surface area contributed by atoms with Crippen LogP contribution in [0.2, 0.25) is 0 Å². The molecule has 0 aliphatic rings. The van der Waals surface area contributed by atoms with E-state index < -0.39 is 22.0 Å². The average molecular weight is 240 g/mol. The van der Waals surface area contributed by atoms with Gasteiger partial charge in [-0.3, -0.25) is 0 Å². The molecule has 8 heteroatoms. The van der Waals surface area contributed by atoms with E-state index in [2.05, 4.69) is 0 Å².